The number of rotatable bonds is 16. The number of imidazole rings is 1. The van der Waals surface area contributed by atoms with E-state index in [0.717, 1.165) is 44.9 Å². The van der Waals surface area contributed by atoms with Crippen LogP contribution in [-0.4, -0.2) is 47.3 Å². The summed E-state index contributed by atoms with van der Waals surface area (Å²) in [6.45, 7) is 10.7. The maximum atomic E-state index is 13.8. The first-order valence-electron chi connectivity index (χ1n) is 14.7. The van der Waals surface area contributed by atoms with Gasteiger partial charge in [0.05, 0.1) is 26.2 Å². The molecule has 0 radical (unpaired) electrons. The molecule has 1 aromatic carbocycles. The zero-order chi connectivity index (χ0) is 29.1. The Balaban J connectivity index is 1.64. The summed E-state index contributed by atoms with van der Waals surface area (Å²) in [6.07, 6.45) is 10.8. The number of nitrogens with zero attached hydrogens (tertiary/aromatic N) is 2. The highest BCUT2D eigenvalue weighted by Crippen LogP contribution is 2.35. The van der Waals surface area contributed by atoms with Gasteiger partial charge in [-0.2, -0.15) is 0 Å². The van der Waals surface area contributed by atoms with Gasteiger partial charge >= 0.3 is 0 Å². The molecule has 3 atom stereocenters. The first kappa shape index (κ1) is 31.2. The third-order valence-corrected chi connectivity index (χ3v) is 7.86. The molecule has 7 heteroatoms. The summed E-state index contributed by atoms with van der Waals surface area (Å²) in [5.74, 6) is 1.79. The van der Waals surface area contributed by atoms with E-state index in [2.05, 4.69) is 47.7 Å². The number of likely N-dealkylation sites (tertiary alicyclic amines) is 1. The Kier molecular flexibility index (Phi) is 12.0. The van der Waals surface area contributed by atoms with E-state index < -0.39 is 5.92 Å². The summed E-state index contributed by atoms with van der Waals surface area (Å²) in [5.41, 5.74) is 1.81. The Bertz CT molecular complexity index is 1140. The van der Waals surface area contributed by atoms with Crippen molar-refractivity contribution in [2.45, 2.75) is 78.2 Å². The summed E-state index contributed by atoms with van der Waals surface area (Å²) in [4.78, 5) is 36.6. The Labute approximate surface area is 240 Å². The lowest BCUT2D eigenvalue weighted by Crippen LogP contribution is -2.39. The van der Waals surface area contributed by atoms with Crippen LogP contribution in [0.15, 0.2) is 60.7 Å². The van der Waals surface area contributed by atoms with E-state index in [1.807, 2.05) is 24.8 Å². The third kappa shape index (κ3) is 8.33. The van der Waals surface area contributed by atoms with Crippen molar-refractivity contribution in [1.82, 2.24) is 14.9 Å². The Morgan fingerprint density at radius 2 is 1.93 bits per heavy atom. The molecule has 1 N–H and O–H groups in total. The lowest BCUT2D eigenvalue weighted by Gasteiger charge is -2.30. The summed E-state index contributed by atoms with van der Waals surface area (Å²) < 4.78 is 10.8. The van der Waals surface area contributed by atoms with Crippen molar-refractivity contribution in [3.8, 4) is 0 Å². The monoisotopic (exact) mass is 549 g/mol. The predicted octanol–water partition coefficient (Wildman–Crippen LogP) is 7.05. The van der Waals surface area contributed by atoms with E-state index in [0.29, 0.717) is 41.9 Å². The molecule has 3 unspecified atom stereocenters. The fraction of sp³-hybridized carbons (Fsp3) is 0.545. The molecule has 1 aliphatic rings. The van der Waals surface area contributed by atoms with Gasteiger partial charge in [-0.1, -0.05) is 70.5 Å². The molecule has 1 amide bonds. The number of benzene rings is 1. The number of Topliss-reactive ketones (excluding diaryl/α,β-unsaturated/α-hetero) is 1. The van der Waals surface area contributed by atoms with Gasteiger partial charge in [-0.05, 0) is 49.5 Å². The maximum Gasteiger partial charge on any atom is 0.234 e. The summed E-state index contributed by atoms with van der Waals surface area (Å²) >= 11 is 0. The van der Waals surface area contributed by atoms with Gasteiger partial charge in [0, 0.05) is 25.2 Å². The second kappa shape index (κ2) is 15.4. The van der Waals surface area contributed by atoms with E-state index >= 15 is 0 Å². The lowest BCUT2D eigenvalue weighted by molar-refractivity contribution is -0.137. The summed E-state index contributed by atoms with van der Waals surface area (Å²) in [5, 5.41) is 0. The number of aromatic nitrogens is 2. The molecule has 7 nitrogen and oxygen atoms in total. The van der Waals surface area contributed by atoms with Crippen LogP contribution in [0.3, 0.4) is 0 Å². The van der Waals surface area contributed by atoms with Crippen molar-refractivity contribution >= 4 is 11.7 Å². The van der Waals surface area contributed by atoms with Gasteiger partial charge in [-0.3, -0.25) is 9.59 Å². The maximum absolute atomic E-state index is 13.8. The van der Waals surface area contributed by atoms with E-state index in [-0.39, 0.29) is 23.7 Å². The minimum absolute atomic E-state index is 0.0109. The first-order valence-corrected chi connectivity index (χ1v) is 14.7. The van der Waals surface area contributed by atoms with Crippen molar-refractivity contribution in [1.29, 1.82) is 0 Å². The first-order chi connectivity index (χ1) is 19.3. The Morgan fingerprint density at radius 3 is 2.58 bits per heavy atom. The highest BCUT2D eigenvalue weighted by Gasteiger charge is 2.39. The smallest absolute Gasteiger partial charge is 0.234 e. The molecule has 1 fully saturated rings. The minimum Gasteiger partial charge on any atom is -0.500 e. The van der Waals surface area contributed by atoms with Crippen LogP contribution in [0.2, 0.25) is 0 Å². The normalized spacial score (nSPS) is 17.1. The molecule has 1 aliphatic heterocycles. The van der Waals surface area contributed by atoms with Gasteiger partial charge in [0.25, 0.3) is 0 Å². The molecule has 218 valence electrons. The van der Waals surface area contributed by atoms with Crippen molar-refractivity contribution in [2.24, 2.45) is 17.8 Å². The number of aromatic amines is 1. The molecular weight excluding hydrogens is 502 g/mol. The molecule has 3 rings (SSSR count). The number of amides is 1. The molecule has 0 aliphatic carbocycles. The van der Waals surface area contributed by atoms with Gasteiger partial charge < -0.3 is 19.4 Å². The molecule has 0 saturated carbocycles. The van der Waals surface area contributed by atoms with Crippen molar-refractivity contribution in [2.75, 3.05) is 20.8 Å². The summed E-state index contributed by atoms with van der Waals surface area (Å²) in [6, 6.07) is 10.4. The fourth-order valence-electron chi connectivity index (χ4n) is 5.76. The van der Waals surface area contributed by atoms with E-state index in [1.54, 1.807) is 26.5 Å². The molecule has 0 bridgehead atoms. The Morgan fingerprint density at radius 1 is 1.18 bits per heavy atom. The minimum atomic E-state index is -0.472. The van der Waals surface area contributed by atoms with Gasteiger partial charge in [0.15, 0.2) is 5.78 Å². The van der Waals surface area contributed by atoms with Crippen LogP contribution < -0.4 is 0 Å². The van der Waals surface area contributed by atoms with Crippen LogP contribution in [0, 0.1) is 17.8 Å². The summed E-state index contributed by atoms with van der Waals surface area (Å²) in [7, 11) is 3.11. The third-order valence-electron chi connectivity index (χ3n) is 7.86. The van der Waals surface area contributed by atoms with Crippen LogP contribution in [0.4, 0.5) is 0 Å². The molecule has 0 spiro atoms. The number of ketones is 1. The predicted molar refractivity (Wildman–Crippen MR) is 159 cm³/mol. The second-order valence-corrected chi connectivity index (χ2v) is 11.2. The zero-order valence-electron chi connectivity index (χ0n) is 24.9. The Hall–Kier alpha value is -3.35. The van der Waals surface area contributed by atoms with Crippen molar-refractivity contribution < 1.29 is 19.1 Å². The molecule has 1 saturated heterocycles. The van der Waals surface area contributed by atoms with Gasteiger partial charge in [-0.25, -0.2) is 4.98 Å². The van der Waals surface area contributed by atoms with Crippen LogP contribution in [0.5, 0.6) is 0 Å². The average Bonchev–Trinajstić information content (AvgIpc) is 3.63. The zero-order valence-corrected chi connectivity index (χ0v) is 24.9. The number of carbonyl (C=O) groups excluding carboxylic acids is 2. The molecule has 2 aromatic rings. The van der Waals surface area contributed by atoms with E-state index in [4.69, 9.17) is 9.47 Å². The topological polar surface area (TPSA) is 84.5 Å². The molecule has 40 heavy (non-hydrogen) atoms. The van der Waals surface area contributed by atoms with Gasteiger partial charge in [0.1, 0.15) is 23.0 Å². The number of hydrogen-bond acceptors (Lipinski definition) is 5. The van der Waals surface area contributed by atoms with Crippen LogP contribution in [-0.2, 0) is 20.7 Å². The average molecular weight is 550 g/mol. The number of allylic oxidation sites excluding steroid dienone is 1. The van der Waals surface area contributed by atoms with E-state index in [9.17, 15) is 9.59 Å². The standard InChI is InChI=1S/C33H47N3O4/c1-7-13-25(21-26-14-9-8-10-15-26)16-11-18-29(37)27-22-34-32(35-27)28-17-12-19-36(28)33(38)31(23(2)3)30(40-6)20-24(4)39-5/h8-10,14-15,20,22-23,25,28,31H,4,7,11-13,16-19,21H2,1-3,5-6H3,(H,34,35)/b30-20-. The second-order valence-electron chi connectivity index (χ2n) is 11.2. The van der Waals surface area contributed by atoms with Gasteiger partial charge in [-0.15, -0.1) is 0 Å². The quantitative estimate of drug-likeness (QED) is 0.138. The molecule has 2 heterocycles. The number of ether oxygens (including phenoxy) is 2. The number of nitrogens with one attached hydrogen (secondary N) is 1. The van der Waals surface area contributed by atoms with Crippen molar-refractivity contribution in [3.63, 3.8) is 0 Å². The fourth-order valence-corrected chi connectivity index (χ4v) is 5.76. The van der Waals surface area contributed by atoms with E-state index in [1.165, 1.54) is 5.56 Å². The van der Waals surface area contributed by atoms with Crippen LogP contribution >= 0.6 is 0 Å². The SMILES string of the molecule is C=C(/C=C(\OC)C(C(=O)N1CCCC1c1nc(C(=O)CCCC(CCC)Cc2ccccc2)c[nH]1)C(C)C)OC. The number of methoxy groups -OCH3 is 2. The van der Waals surface area contributed by atoms with Gasteiger partial charge in [0.2, 0.25) is 5.91 Å². The lowest BCUT2D eigenvalue weighted by atomic mass is 9.90. The number of H-pyrrole nitrogens is 1. The highest BCUT2D eigenvalue weighted by atomic mass is 16.5. The highest BCUT2D eigenvalue weighted by molar-refractivity contribution is 5.94. The number of carbonyl (C=O) groups is 2. The van der Waals surface area contributed by atoms with Crippen LogP contribution in [0.25, 0.3) is 0 Å². The molecular formula is C33H47N3O4. The number of hydrogen-bond donors (Lipinski definition) is 1. The van der Waals surface area contributed by atoms with Crippen LogP contribution in [0.1, 0.15) is 93.6 Å². The van der Waals surface area contributed by atoms with Crippen molar-refractivity contribution in [3.05, 3.63) is 77.8 Å². The largest absolute Gasteiger partial charge is 0.500 e. The molecule has 1 aromatic heterocycles.